The largest absolute Gasteiger partial charge is 0.463 e. The summed E-state index contributed by atoms with van der Waals surface area (Å²) in [5.41, 5.74) is 2.32. The molecule has 1 aliphatic heterocycles. The molecule has 2 aromatic carbocycles. The Morgan fingerprint density at radius 2 is 1.78 bits per heavy atom. The van der Waals surface area contributed by atoms with E-state index in [1.807, 2.05) is 36.4 Å². The maximum atomic E-state index is 11.7. The van der Waals surface area contributed by atoms with Crippen molar-refractivity contribution in [3.05, 3.63) is 71.8 Å². The van der Waals surface area contributed by atoms with Crippen LogP contribution in [0.25, 0.3) is 0 Å². The minimum atomic E-state index is -0.0754. The molecule has 0 bridgehead atoms. The molecule has 0 N–H and O–H groups in total. The summed E-state index contributed by atoms with van der Waals surface area (Å²) in [4.78, 5) is 18.0. The Labute approximate surface area is 136 Å². The third-order valence-electron chi connectivity index (χ3n) is 3.88. The Morgan fingerprint density at radius 3 is 2.43 bits per heavy atom. The third-order valence-corrected chi connectivity index (χ3v) is 3.88. The van der Waals surface area contributed by atoms with E-state index in [1.54, 1.807) is 11.8 Å². The number of carbonyl (C=O) groups excluding carboxylic acids is 1. The molecule has 0 spiro atoms. The predicted molar refractivity (Wildman–Crippen MR) is 90.1 cm³/mol. The van der Waals surface area contributed by atoms with Crippen LogP contribution in [0.15, 0.2) is 65.7 Å². The summed E-state index contributed by atoms with van der Waals surface area (Å²) in [6.07, 6.45) is 0.767. The monoisotopic (exact) mass is 308 g/mol. The van der Waals surface area contributed by atoms with Crippen LogP contribution in [0.1, 0.15) is 24.1 Å². The smallest absolute Gasteiger partial charge is 0.294 e. The van der Waals surface area contributed by atoms with Crippen molar-refractivity contribution in [2.45, 2.75) is 19.4 Å². The van der Waals surface area contributed by atoms with Gasteiger partial charge in [0.05, 0.1) is 12.6 Å². The predicted octanol–water partition coefficient (Wildman–Crippen LogP) is 3.21. The summed E-state index contributed by atoms with van der Waals surface area (Å²) < 4.78 is 5.57. The molecule has 4 heteroatoms. The normalized spacial score (nSPS) is 17.1. The first kappa shape index (κ1) is 15.3. The Balaban J connectivity index is 1.91. The van der Waals surface area contributed by atoms with Crippen LogP contribution in [0.4, 0.5) is 0 Å². The van der Waals surface area contributed by atoms with Gasteiger partial charge in [0.15, 0.2) is 0 Å². The van der Waals surface area contributed by atoms with E-state index in [-0.39, 0.29) is 11.9 Å². The van der Waals surface area contributed by atoms with Crippen molar-refractivity contribution in [2.24, 2.45) is 4.99 Å². The second-order valence-electron chi connectivity index (χ2n) is 5.55. The molecule has 1 amide bonds. The molecular formula is C19H20N2O2. The highest BCUT2D eigenvalue weighted by Gasteiger charge is 2.25. The van der Waals surface area contributed by atoms with Gasteiger partial charge in [-0.1, -0.05) is 60.7 Å². The maximum Gasteiger partial charge on any atom is 0.294 e. The molecular weight excluding hydrogens is 288 g/mol. The zero-order chi connectivity index (χ0) is 16.1. The number of aliphatic imine (C=N–C) groups is 1. The van der Waals surface area contributed by atoms with Gasteiger partial charge in [0.25, 0.3) is 6.02 Å². The van der Waals surface area contributed by atoms with Crippen molar-refractivity contribution in [1.82, 2.24) is 4.90 Å². The van der Waals surface area contributed by atoms with Gasteiger partial charge in [0.2, 0.25) is 5.91 Å². The molecule has 118 valence electrons. The zero-order valence-corrected chi connectivity index (χ0v) is 13.2. The van der Waals surface area contributed by atoms with Crippen LogP contribution in [-0.2, 0) is 16.0 Å². The van der Waals surface area contributed by atoms with Crippen LogP contribution in [0.2, 0.25) is 0 Å². The molecule has 0 radical (unpaired) electrons. The fourth-order valence-corrected chi connectivity index (χ4v) is 2.68. The van der Waals surface area contributed by atoms with Gasteiger partial charge in [0, 0.05) is 6.92 Å². The van der Waals surface area contributed by atoms with Gasteiger partial charge >= 0.3 is 0 Å². The fourth-order valence-electron chi connectivity index (χ4n) is 2.68. The summed E-state index contributed by atoms with van der Waals surface area (Å²) in [6, 6.07) is 20.7. The topological polar surface area (TPSA) is 41.9 Å². The van der Waals surface area contributed by atoms with E-state index in [0.717, 1.165) is 12.0 Å². The van der Waals surface area contributed by atoms with Crippen molar-refractivity contribution in [2.75, 3.05) is 13.2 Å². The Hall–Kier alpha value is -2.62. The Bertz CT molecular complexity index is 683. The Morgan fingerprint density at radius 1 is 1.13 bits per heavy atom. The maximum absolute atomic E-state index is 11.7. The first-order valence-corrected chi connectivity index (χ1v) is 7.81. The molecule has 1 heterocycles. The number of benzene rings is 2. The Kier molecular flexibility index (Phi) is 4.71. The van der Waals surface area contributed by atoms with E-state index in [4.69, 9.17) is 9.73 Å². The standard InChI is InChI=1S/C19H20N2O2/c1-15(22)21-12-13-23-19(21)20-18(17-10-6-3-7-11-17)14-16-8-4-2-5-9-16/h2-11,18H,12-14H2,1H3/b20-19-. The van der Waals surface area contributed by atoms with Gasteiger partial charge < -0.3 is 4.74 Å². The highest BCUT2D eigenvalue weighted by Crippen LogP contribution is 2.24. The molecule has 3 rings (SSSR count). The van der Waals surface area contributed by atoms with Crippen molar-refractivity contribution >= 4 is 11.9 Å². The van der Waals surface area contributed by atoms with Gasteiger partial charge in [-0.3, -0.25) is 9.69 Å². The van der Waals surface area contributed by atoms with Gasteiger partial charge in [-0.15, -0.1) is 0 Å². The average Bonchev–Trinajstić information content (AvgIpc) is 3.04. The second-order valence-corrected chi connectivity index (χ2v) is 5.55. The van der Waals surface area contributed by atoms with E-state index < -0.39 is 0 Å². The number of amides is 1. The summed E-state index contributed by atoms with van der Waals surface area (Å²) in [7, 11) is 0. The van der Waals surface area contributed by atoms with Gasteiger partial charge in [-0.25, -0.2) is 4.99 Å². The SMILES string of the molecule is CC(=O)N1CCO/C1=N\C(Cc1ccccc1)c1ccccc1. The van der Waals surface area contributed by atoms with Crippen molar-refractivity contribution in [3.63, 3.8) is 0 Å². The zero-order valence-electron chi connectivity index (χ0n) is 13.2. The van der Waals surface area contributed by atoms with E-state index in [0.29, 0.717) is 19.2 Å². The number of ether oxygens (including phenoxy) is 1. The highest BCUT2D eigenvalue weighted by atomic mass is 16.5. The second kappa shape index (κ2) is 7.09. The summed E-state index contributed by atoms with van der Waals surface area (Å²) in [5, 5.41) is 0. The number of carbonyl (C=O) groups is 1. The summed E-state index contributed by atoms with van der Waals surface area (Å²) in [5.74, 6) is -0.0345. The lowest BCUT2D eigenvalue weighted by Gasteiger charge is -2.17. The van der Waals surface area contributed by atoms with E-state index in [1.165, 1.54) is 5.56 Å². The minimum Gasteiger partial charge on any atom is -0.463 e. The molecule has 0 aromatic heterocycles. The molecule has 1 unspecified atom stereocenters. The van der Waals surface area contributed by atoms with Crippen LogP contribution in [0, 0.1) is 0 Å². The quantitative estimate of drug-likeness (QED) is 0.870. The lowest BCUT2D eigenvalue weighted by atomic mass is 9.99. The molecule has 1 saturated heterocycles. The molecule has 4 nitrogen and oxygen atoms in total. The first-order valence-electron chi connectivity index (χ1n) is 7.81. The minimum absolute atomic E-state index is 0.0345. The molecule has 0 saturated carbocycles. The van der Waals surface area contributed by atoms with Crippen LogP contribution in [-0.4, -0.2) is 30.0 Å². The lowest BCUT2D eigenvalue weighted by Crippen LogP contribution is -2.31. The number of hydrogen-bond donors (Lipinski definition) is 0. The molecule has 1 aliphatic rings. The summed E-state index contributed by atoms with van der Waals surface area (Å²) >= 11 is 0. The molecule has 23 heavy (non-hydrogen) atoms. The average molecular weight is 308 g/mol. The number of amidine groups is 1. The van der Waals surface area contributed by atoms with E-state index in [9.17, 15) is 4.79 Å². The van der Waals surface area contributed by atoms with Crippen molar-refractivity contribution in [3.8, 4) is 0 Å². The van der Waals surface area contributed by atoms with Gasteiger partial charge in [-0.2, -0.15) is 0 Å². The fraction of sp³-hybridized carbons (Fsp3) is 0.263. The number of hydrogen-bond acceptors (Lipinski definition) is 3. The molecule has 1 fully saturated rings. The van der Waals surface area contributed by atoms with E-state index in [2.05, 4.69) is 24.3 Å². The van der Waals surface area contributed by atoms with Crippen LogP contribution in [0.3, 0.4) is 0 Å². The van der Waals surface area contributed by atoms with Crippen LogP contribution >= 0.6 is 0 Å². The van der Waals surface area contributed by atoms with E-state index >= 15 is 0 Å². The molecule has 0 aliphatic carbocycles. The van der Waals surface area contributed by atoms with Crippen molar-refractivity contribution in [1.29, 1.82) is 0 Å². The first-order chi connectivity index (χ1) is 11.2. The van der Waals surface area contributed by atoms with Crippen LogP contribution < -0.4 is 0 Å². The number of rotatable bonds is 4. The third kappa shape index (κ3) is 3.77. The summed E-state index contributed by atoms with van der Waals surface area (Å²) in [6.45, 7) is 2.62. The van der Waals surface area contributed by atoms with Gasteiger partial charge in [0.1, 0.15) is 6.61 Å². The highest BCUT2D eigenvalue weighted by molar-refractivity contribution is 5.94. The lowest BCUT2D eigenvalue weighted by molar-refractivity contribution is -0.124. The van der Waals surface area contributed by atoms with Gasteiger partial charge in [-0.05, 0) is 17.5 Å². The molecule has 1 atom stereocenters. The number of nitrogens with zero attached hydrogens (tertiary/aromatic N) is 2. The van der Waals surface area contributed by atoms with Crippen molar-refractivity contribution < 1.29 is 9.53 Å². The molecule has 2 aromatic rings. The van der Waals surface area contributed by atoms with Crippen LogP contribution in [0.5, 0.6) is 0 Å².